The molecule has 0 aromatic carbocycles. The number of hydrogen-bond donors (Lipinski definition) is 1. The lowest BCUT2D eigenvalue weighted by Crippen LogP contribution is -2.63. The summed E-state index contributed by atoms with van der Waals surface area (Å²) in [5.41, 5.74) is 0.945. The first kappa shape index (κ1) is 7.53. The van der Waals surface area contributed by atoms with Crippen LogP contribution < -0.4 is 5.32 Å². The van der Waals surface area contributed by atoms with Crippen molar-refractivity contribution >= 4 is 0 Å². The quantitative estimate of drug-likeness (QED) is 0.643. The zero-order valence-corrected chi connectivity index (χ0v) is 7.12. The van der Waals surface area contributed by atoms with Gasteiger partial charge in [-0.15, -0.1) is 0 Å². The summed E-state index contributed by atoms with van der Waals surface area (Å²) in [4.78, 5) is 0. The van der Waals surface area contributed by atoms with Gasteiger partial charge < -0.3 is 5.32 Å². The van der Waals surface area contributed by atoms with Crippen LogP contribution in [0.3, 0.4) is 0 Å². The second-order valence-corrected chi connectivity index (χ2v) is 4.71. The van der Waals surface area contributed by atoms with Crippen LogP contribution in [-0.2, 0) is 0 Å². The van der Waals surface area contributed by atoms with Crippen molar-refractivity contribution in [2.24, 2.45) is 10.8 Å². The average Bonchev–Trinajstić information content (AvgIpc) is 1.78. The molecule has 1 N–H and O–H groups in total. The van der Waals surface area contributed by atoms with E-state index in [2.05, 4.69) is 12.2 Å². The van der Waals surface area contributed by atoms with Crippen LogP contribution >= 0.6 is 0 Å². The molecule has 0 radical (unpaired) electrons. The third kappa shape index (κ3) is 1.08. The van der Waals surface area contributed by atoms with Crippen LogP contribution in [0.1, 0.15) is 26.2 Å². The Kier molecular flexibility index (Phi) is 1.50. The molecule has 1 heterocycles. The molecule has 1 nitrogen and oxygen atoms in total. The van der Waals surface area contributed by atoms with E-state index in [9.17, 15) is 4.39 Å². The fraction of sp³-hybridized carbons (Fsp3) is 1.00. The van der Waals surface area contributed by atoms with Crippen molar-refractivity contribution < 1.29 is 4.39 Å². The molecule has 0 unspecified atom stereocenters. The normalized spacial score (nSPS) is 31.1. The Labute approximate surface area is 67.4 Å². The molecule has 2 heteroatoms. The summed E-state index contributed by atoms with van der Waals surface area (Å²) in [7, 11) is 0. The Bertz CT molecular complexity index is 155. The minimum Gasteiger partial charge on any atom is -0.316 e. The molecule has 1 aliphatic heterocycles. The maximum Gasteiger partial charge on any atom is 0.0899 e. The van der Waals surface area contributed by atoms with Gasteiger partial charge in [0.1, 0.15) is 0 Å². The van der Waals surface area contributed by atoms with Gasteiger partial charge in [-0.05, 0) is 30.1 Å². The number of alkyl halides is 1. The largest absolute Gasteiger partial charge is 0.316 e. The van der Waals surface area contributed by atoms with Crippen molar-refractivity contribution in [3.8, 4) is 0 Å². The van der Waals surface area contributed by atoms with Gasteiger partial charge in [0, 0.05) is 13.1 Å². The Morgan fingerprint density at radius 2 is 2.00 bits per heavy atom. The van der Waals surface area contributed by atoms with Crippen LogP contribution in [0.25, 0.3) is 0 Å². The van der Waals surface area contributed by atoms with E-state index in [0.717, 1.165) is 6.42 Å². The highest BCUT2D eigenvalue weighted by molar-refractivity contribution is 5.07. The molecular weight excluding hydrogens is 141 g/mol. The van der Waals surface area contributed by atoms with Crippen molar-refractivity contribution in [1.82, 2.24) is 5.32 Å². The molecule has 2 aliphatic rings. The van der Waals surface area contributed by atoms with E-state index >= 15 is 0 Å². The first-order valence-electron chi connectivity index (χ1n) is 4.45. The minimum atomic E-state index is -0.139. The highest BCUT2D eigenvalue weighted by Crippen LogP contribution is 2.57. The van der Waals surface area contributed by atoms with Gasteiger partial charge in [0.2, 0.25) is 0 Å². The van der Waals surface area contributed by atoms with Gasteiger partial charge in [0.25, 0.3) is 0 Å². The smallest absolute Gasteiger partial charge is 0.0899 e. The molecular formula is C9H16FN. The Morgan fingerprint density at radius 3 is 2.36 bits per heavy atom. The van der Waals surface area contributed by atoms with E-state index in [1.165, 1.54) is 25.9 Å². The van der Waals surface area contributed by atoms with Crippen molar-refractivity contribution in [2.75, 3.05) is 19.8 Å². The number of rotatable bonds is 2. The van der Waals surface area contributed by atoms with E-state index in [-0.39, 0.29) is 6.67 Å². The van der Waals surface area contributed by atoms with Crippen LogP contribution in [0.15, 0.2) is 0 Å². The summed E-state index contributed by atoms with van der Waals surface area (Å²) in [5, 5.41) is 3.29. The molecule has 0 aromatic heterocycles. The summed E-state index contributed by atoms with van der Waals surface area (Å²) >= 11 is 0. The molecule has 0 amide bonds. The highest BCUT2D eigenvalue weighted by atomic mass is 19.1. The second-order valence-electron chi connectivity index (χ2n) is 4.71. The molecule has 2 rings (SSSR count). The van der Waals surface area contributed by atoms with E-state index in [4.69, 9.17) is 0 Å². The van der Waals surface area contributed by atoms with Crippen LogP contribution in [0, 0.1) is 10.8 Å². The van der Waals surface area contributed by atoms with Gasteiger partial charge in [-0.3, -0.25) is 4.39 Å². The van der Waals surface area contributed by atoms with Crippen molar-refractivity contribution in [3.63, 3.8) is 0 Å². The molecule has 11 heavy (non-hydrogen) atoms. The number of nitrogens with one attached hydrogen (secondary N) is 1. The topological polar surface area (TPSA) is 12.0 Å². The van der Waals surface area contributed by atoms with Crippen molar-refractivity contribution in [1.29, 1.82) is 0 Å². The summed E-state index contributed by atoms with van der Waals surface area (Å²) in [5.74, 6) is 0. The SMILES string of the molecule is CC1(CCF)CC2(CNC2)C1. The third-order valence-electron chi connectivity index (χ3n) is 3.30. The lowest BCUT2D eigenvalue weighted by molar-refractivity contribution is -0.0727. The maximum atomic E-state index is 12.1. The van der Waals surface area contributed by atoms with Crippen molar-refractivity contribution in [3.05, 3.63) is 0 Å². The van der Waals surface area contributed by atoms with Gasteiger partial charge in [0.15, 0.2) is 0 Å². The molecule has 1 spiro atoms. The summed E-state index contributed by atoms with van der Waals surface area (Å²) in [6.07, 6.45) is 3.27. The third-order valence-corrected chi connectivity index (χ3v) is 3.30. The molecule has 1 aliphatic carbocycles. The number of hydrogen-bond acceptors (Lipinski definition) is 1. The van der Waals surface area contributed by atoms with Gasteiger partial charge >= 0.3 is 0 Å². The molecule has 0 atom stereocenters. The summed E-state index contributed by atoms with van der Waals surface area (Å²) < 4.78 is 12.1. The standard InChI is InChI=1S/C9H16FN/c1-8(2-3-10)4-9(5-8)6-11-7-9/h11H,2-7H2,1H3. The van der Waals surface area contributed by atoms with Gasteiger partial charge in [-0.25, -0.2) is 0 Å². The molecule has 1 saturated heterocycles. The fourth-order valence-electron chi connectivity index (χ4n) is 2.89. The number of halogens is 1. The summed E-state index contributed by atoms with van der Waals surface area (Å²) in [6.45, 7) is 4.43. The monoisotopic (exact) mass is 157 g/mol. The van der Waals surface area contributed by atoms with Crippen LogP contribution in [0.2, 0.25) is 0 Å². The van der Waals surface area contributed by atoms with Crippen molar-refractivity contribution in [2.45, 2.75) is 26.2 Å². The highest BCUT2D eigenvalue weighted by Gasteiger charge is 2.54. The van der Waals surface area contributed by atoms with Gasteiger partial charge in [0.05, 0.1) is 6.67 Å². The van der Waals surface area contributed by atoms with E-state index in [0.29, 0.717) is 10.8 Å². The predicted octanol–water partition coefficient (Wildman–Crippen LogP) is 1.74. The second kappa shape index (κ2) is 2.19. The zero-order chi connectivity index (χ0) is 7.95. The molecule has 2 fully saturated rings. The molecule has 0 aromatic rings. The van der Waals surface area contributed by atoms with E-state index in [1.807, 2.05) is 0 Å². The first-order chi connectivity index (χ1) is 5.18. The maximum absolute atomic E-state index is 12.1. The minimum absolute atomic E-state index is 0.139. The predicted molar refractivity (Wildman–Crippen MR) is 43.2 cm³/mol. The van der Waals surface area contributed by atoms with Gasteiger partial charge in [-0.2, -0.15) is 0 Å². The van der Waals surface area contributed by atoms with Crippen LogP contribution in [0.4, 0.5) is 4.39 Å². The Balaban J connectivity index is 1.85. The first-order valence-corrected chi connectivity index (χ1v) is 4.45. The Morgan fingerprint density at radius 1 is 1.36 bits per heavy atom. The molecule has 1 saturated carbocycles. The van der Waals surface area contributed by atoms with Crippen LogP contribution in [0.5, 0.6) is 0 Å². The van der Waals surface area contributed by atoms with E-state index in [1.54, 1.807) is 0 Å². The van der Waals surface area contributed by atoms with Gasteiger partial charge in [-0.1, -0.05) is 6.92 Å². The van der Waals surface area contributed by atoms with Crippen LogP contribution in [-0.4, -0.2) is 19.8 Å². The zero-order valence-electron chi connectivity index (χ0n) is 7.12. The fourth-order valence-corrected chi connectivity index (χ4v) is 2.89. The average molecular weight is 157 g/mol. The molecule has 64 valence electrons. The Hall–Kier alpha value is -0.110. The summed E-state index contributed by atoms with van der Waals surface area (Å²) in [6, 6.07) is 0. The lowest BCUT2D eigenvalue weighted by Gasteiger charge is -2.60. The molecule has 0 bridgehead atoms. The lowest BCUT2D eigenvalue weighted by atomic mass is 9.50. The van der Waals surface area contributed by atoms with E-state index < -0.39 is 0 Å².